The third-order valence-electron chi connectivity index (χ3n) is 6.96. The third kappa shape index (κ3) is 6.65. The molecule has 0 bridgehead atoms. The molecule has 0 aliphatic carbocycles. The van der Waals surface area contributed by atoms with Crippen LogP contribution in [-0.4, -0.2) is 29.7 Å². The molecular formula is C34H24N8ORuS. The van der Waals surface area contributed by atoms with Gasteiger partial charge in [-0.15, -0.1) is 5.11 Å². The second-order valence-corrected chi connectivity index (χ2v) is 10.1. The summed E-state index contributed by atoms with van der Waals surface area (Å²) in [6, 6.07) is 31.6. The van der Waals surface area contributed by atoms with E-state index in [1.54, 1.807) is 37.9 Å². The molecule has 0 fully saturated rings. The first-order chi connectivity index (χ1) is 21.5. The molecule has 5 aromatic heterocycles. The fourth-order valence-electron chi connectivity index (χ4n) is 4.90. The van der Waals surface area contributed by atoms with Crippen LogP contribution in [0.25, 0.3) is 54.5 Å². The number of hydrogen-bond donors (Lipinski definition) is 1. The molecule has 220 valence electrons. The van der Waals surface area contributed by atoms with E-state index in [0.717, 1.165) is 54.5 Å². The Morgan fingerprint density at radius 1 is 0.644 bits per heavy atom. The minimum atomic E-state index is -0.340. The molecule has 1 N–H and O–H groups in total. The summed E-state index contributed by atoms with van der Waals surface area (Å²) in [4.78, 5) is 17.4. The number of nitrogens with zero attached hydrogens (tertiary/aromatic N) is 7. The van der Waals surface area contributed by atoms with E-state index in [4.69, 9.17) is 5.41 Å². The van der Waals surface area contributed by atoms with Crippen LogP contribution in [-0.2, 0) is 39.2 Å². The van der Waals surface area contributed by atoms with Gasteiger partial charge in [-0.1, -0.05) is 66.7 Å². The van der Waals surface area contributed by atoms with Gasteiger partial charge >= 0.3 is 19.5 Å². The number of aromatic nitrogens is 5. The van der Waals surface area contributed by atoms with E-state index in [2.05, 4.69) is 91.3 Å². The van der Waals surface area contributed by atoms with Crippen molar-refractivity contribution in [3.05, 3.63) is 122 Å². The van der Waals surface area contributed by atoms with E-state index in [-0.39, 0.29) is 36.2 Å². The molecule has 0 saturated heterocycles. The van der Waals surface area contributed by atoms with Gasteiger partial charge < -0.3 is 27.7 Å². The Morgan fingerprint density at radius 3 is 1.44 bits per heavy atom. The van der Waals surface area contributed by atoms with E-state index >= 15 is 0 Å². The van der Waals surface area contributed by atoms with Crippen LogP contribution >= 0.6 is 0 Å². The molecule has 0 atom stereocenters. The van der Waals surface area contributed by atoms with Crippen LogP contribution in [0.2, 0.25) is 0 Å². The van der Waals surface area contributed by atoms with Crippen LogP contribution < -0.4 is 5.11 Å². The van der Waals surface area contributed by atoms with E-state index in [1.807, 2.05) is 42.5 Å². The summed E-state index contributed by atoms with van der Waals surface area (Å²) in [5.74, 6) is -0.235. The van der Waals surface area contributed by atoms with Gasteiger partial charge in [-0.25, -0.2) is 0 Å². The number of nitrogens with one attached hydrogen (secondary N) is 1. The van der Waals surface area contributed by atoms with Crippen molar-refractivity contribution in [2.45, 2.75) is 0 Å². The summed E-state index contributed by atoms with van der Waals surface area (Å²) in [6.45, 7) is 0. The maximum atomic E-state index is 11.8. The van der Waals surface area contributed by atoms with Crippen molar-refractivity contribution in [2.75, 3.05) is 0 Å². The van der Waals surface area contributed by atoms with Gasteiger partial charge in [0.25, 0.3) is 0 Å². The summed E-state index contributed by atoms with van der Waals surface area (Å²) >= 11 is 4.46. The standard InChI is InChI=1S/2C12H8N2.C10H10N4OS.Ru/c2*1-3-9-5-6-10-4-2-8-14-12(10)11(9)13-7-1;1-14-7-5-3-2-4-6(7)8(9(14)15)12-13-10(11)16;/h2*1-8H;2-5,15H,1H3,(H2,11,16);/q;;;+2/p-2. The zero-order valence-electron chi connectivity index (χ0n) is 23.8. The maximum absolute atomic E-state index is 11.8. The molecular weight excluding hydrogens is 670 g/mol. The van der Waals surface area contributed by atoms with Crippen molar-refractivity contribution in [3.63, 3.8) is 0 Å². The molecule has 0 aliphatic heterocycles. The van der Waals surface area contributed by atoms with Crippen molar-refractivity contribution in [1.29, 1.82) is 5.41 Å². The minimum absolute atomic E-state index is 0. The fourth-order valence-corrected chi connectivity index (χ4v) is 4.94. The van der Waals surface area contributed by atoms with Gasteiger partial charge in [0.1, 0.15) is 5.69 Å². The van der Waals surface area contributed by atoms with Crippen LogP contribution in [0.1, 0.15) is 0 Å². The number of pyridine rings is 4. The molecule has 3 aromatic carbocycles. The molecule has 5 heterocycles. The summed E-state index contributed by atoms with van der Waals surface area (Å²) in [5, 5.41) is 30.9. The van der Waals surface area contributed by atoms with Gasteiger partial charge in [-0.05, 0) is 36.2 Å². The van der Waals surface area contributed by atoms with Crippen molar-refractivity contribution >= 4 is 78.0 Å². The van der Waals surface area contributed by atoms with E-state index in [9.17, 15) is 5.11 Å². The monoisotopic (exact) mass is 694 g/mol. The molecule has 0 aliphatic rings. The molecule has 8 rings (SSSR count). The van der Waals surface area contributed by atoms with E-state index in [0.29, 0.717) is 0 Å². The minimum Gasteiger partial charge on any atom is -0.858 e. The summed E-state index contributed by atoms with van der Waals surface area (Å²) < 4.78 is 1.50. The molecule has 0 spiro atoms. The quantitative estimate of drug-likeness (QED) is 0.0477. The van der Waals surface area contributed by atoms with Crippen molar-refractivity contribution < 1.29 is 24.6 Å². The Bertz CT molecular complexity index is 2100. The average Bonchev–Trinajstić information content (AvgIpc) is 3.32. The van der Waals surface area contributed by atoms with Crippen molar-refractivity contribution in [2.24, 2.45) is 17.3 Å². The van der Waals surface area contributed by atoms with Gasteiger partial charge in [0, 0.05) is 69.5 Å². The number of aryl methyl sites for hydroxylation is 1. The van der Waals surface area contributed by atoms with Gasteiger partial charge in [-0.2, -0.15) is 5.11 Å². The predicted molar refractivity (Wildman–Crippen MR) is 176 cm³/mol. The number of amidine groups is 1. The number of benzene rings is 3. The van der Waals surface area contributed by atoms with Crippen LogP contribution in [0, 0.1) is 5.41 Å². The number of rotatable bonds is 1. The van der Waals surface area contributed by atoms with Crippen molar-refractivity contribution in [3.8, 4) is 5.88 Å². The first kappa shape index (κ1) is 31.2. The van der Waals surface area contributed by atoms with Gasteiger partial charge in [0.2, 0.25) is 0 Å². The van der Waals surface area contributed by atoms with Crippen LogP contribution in [0.3, 0.4) is 0 Å². The smallest absolute Gasteiger partial charge is 0.858 e. The van der Waals surface area contributed by atoms with Crippen LogP contribution in [0.5, 0.6) is 5.88 Å². The molecule has 0 radical (unpaired) electrons. The maximum Gasteiger partial charge on any atom is 2.00 e. The summed E-state index contributed by atoms with van der Waals surface area (Å²) in [6.07, 6.45) is 7.21. The zero-order valence-corrected chi connectivity index (χ0v) is 26.4. The molecule has 45 heavy (non-hydrogen) atoms. The Morgan fingerprint density at radius 2 is 1.04 bits per heavy atom. The van der Waals surface area contributed by atoms with Gasteiger partial charge in [-0.3, -0.25) is 19.9 Å². The normalized spacial score (nSPS) is 10.8. The van der Waals surface area contributed by atoms with Gasteiger partial charge in [0.05, 0.1) is 22.1 Å². The Hall–Kier alpha value is -5.25. The van der Waals surface area contributed by atoms with Crippen molar-refractivity contribution in [1.82, 2.24) is 24.5 Å². The summed E-state index contributed by atoms with van der Waals surface area (Å²) in [7, 11) is 1.67. The third-order valence-corrected chi connectivity index (χ3v) is 7.04. The number of para-hydroxylation sites is 1. The second kappa shape index (κ2) is 14.0. The van der Waals surface area contributed by atoms with E-state index in [1.165, 1.54) is 4.57 Å². The Kier molecular flexibility index (Phi) is 9.72. The number of azo groups is 1. The number of fused-ring (bicyclic) bond motifs is 7. The number of hydrogen-bond acceptors (Lipinski definition) is 8. The molecule has 0 unspecified atom stereocenters. The fraction of sp³-hybridized carbons (Fsp3) is 0.0294. The molecule has 9 nitrogen and oxygen atoms in total. The van der Waals surface area contributed by atoms with Gasteiger partial charge in [0.15, 0.2) is 0 Å². The molecule has 0 amide bonds. The molecule has 0 saturated carbocycles. The zero-order chi connectivity index (χ0) is 30.5. The molecule has 11 heteroatoms. The average molecular weight is 694 g/mol. The predicted octanol–water partition coefficient (Wildman–Crippen LogP) is 7.38. The first-order valence-electron chi connectivity index (χ1n) is 13.6. The second-order valence-electron chi connectivity index (χ2n) is 9.67. The molecule has 8 aromatic rings. The largest absolute Gasteiger partial charge is 2.00 e. The summed E-state index contributed by atoms with van der Waals surface area (Å²) in [5.41, 5.74) is 4.93. The Labute approximate surface area is 276 Å². The van der Waals surface area contributed by atoms with E-state index < -0.39 is 0 Å². The van der Waals surface area contributed by atoms with Crippen LogP contribution in [0.4, 0.5) is 5.69 Å². The Balaban J connectivity index is 0.000000132. The first-order valence-corrected chi connectivity index (χ1v) is 14.0. The topological polar surface area (TPSA) is 128 Å². The SMILES string of the molecule is Cn1c([O-])c(N=NC(=N)[S-])c2ccccc21.[Ru+2].c1cnc2c(c1)ccc1cccnc12.c1cnc2c(c1)ccc1cccnc12. The van der Waals surface area contributed by atoms with Crippen LogP contribution in [0.15, 0.2) is 132 Å².